The molecule has 5 nitrogen and oxygen atoms in total. The molecule has 0 saturated heterocycles. The van der Waals surface area contributed by atoms with Crippen LogP contribution in [0.4, 0.5) is 4.39 Å². The van der Waals surface area contributed by atoms with E-state index in [1.165, 1.54) is 16.8 Å². The summed E-state index contributed by atoms with van der Waals surface area (Å²) in [6.45, 7) is 1.73. The van der Waals surface area contributed by atoms with E-state index in [9.17, 15) is 14.3 Å². The lowest BCUT2D eigenvalue weighted by Crippen LogP contribution is -2.15. The lowest BCUT2D eigenvalue weighted by molar-refractivity contribution is 0.413. The first-order valence-electron chi connectivity index (χ1n) is 7.76. The van der Waals surface area contributed by atoms with Gasteiger partial charge in [-0.3, -0.25) is 9.55 Å². The average molecular weight is 325 g/mol. The zero-order valence-corrected chi connectivity index (χ0v) is 13.0. The van der Waals surface area contributed by atoms with Gasteiger partial charge < -0.3 is 10.1 Å². The van der Waals surface area contributed by atoms with Crippen LogP contribution in [0.3, 0.4) is 0 Å². The summed E-state index contributed by atoms with van der Waals surface area (Å²) in [4.78, 5) is 18.6. The molecule has 2 heterocycles. The predicted octanol–water partition coefficient (Wildman–Crippen LogP) is 3.12. The zero-order chi connectivity index (χ0) is 16.8. The predicted molar refractivity (Wildman–Crippen MR) is 87.5 cm³/mol. The number of aromatic amines is 1. The Kier molecular flexibility index (Phi) is 3.26. The van der Waals surface area contributed by atoms with Gasteiger partial charge in [0.25, 0.3) is 0 Å². The lowest BCUT2D eigenvalue weighted by atomic mass is 10.1. The third kappa shape index (κ3) is 2.40. The number of aromatic nitrogens is 3. The molecule has 122 valence electrons. The lowest BCUT2D eigenvalue weighted by Gasteiger charge is -2.06. The minimum absolute atomic E-state index is 0.0375. The Balaban J connectivity index is 1.57. The fourth-order valence-corrected chi connectivity index (χ4v) is 3.11. The quantitative estimate of drug-likeness (QED) is 0.777. The standard InChI is InChI=1S/C18H16FN3O2/c1-10-6-11(2-4-14(10)19)15-5-3-12(8-20-15)13-7-16(13)22-17(23)9-21-18(22)24/h2-6,8-9,13,16,23H,7H2,1H3,(H,21,24)/t13-,16+/m1/s1. The number of aromatic hydroxyl groups is 1. The Labute approximate surface area is 137 Å². The second-order valence-corrected chi connectivity index (χ2v) is 6.17. The summed E-state index contributed by atoms with van der Waals surface area (Å²) in [5.41, 5.74) is 2.96. The second kappa shape index (κ2) is 5.33. The topological polar surface area (TPSA) is 70.9 Å². The molecular weight excluding hydrogens is 309 g/mol. The molecule has 0 bridgehead atoms. The monoisotopic (exact) mass is 325 g/mol. The van der Waals surface area contributed by atoms with Crippen LogP contribution in [0.5, 0.6) is 5.88 Å². The average Bonchev–Trinajstić information content (AvgIpc) is 3.29. The highest BCUT2D eigenvalue weighted by Gasteiger charge is 2.42. The highest BCUT2D eigenvalue weighted by molar-refractivity contribution is 5.60. The number of hydrogen-bond acceptors (Lipinski definition) is 3. The number of benzene rings is 1. The summed E-state index contributed by atoms with van der Waals surface area (Å²) in [7, 11) is 0. The van der Waals surface area contributed by atoms with Crippen LogP contribution < -0.4 is 5.69 Å². The van der Waals surface area contributed by atoms with Crippen molar-refractivity contribution in [3.05, 3.63) is 70.2 Å². The Morgan fingerprint density at radius 3 is 2.79 bits per heavy atom. The Morgan fingerprint density at radius 1 is 1.33 bits per heavy atom. The molecule has 0 spiro atoms. The van der Waals surface area contributed by atoms with Crippen molar-refractivity contribution < 1.29 is 9.50 Å². The summed E-state index contributed by atoms with van der Waals surface area (Å²) in [5.74, 6) is -0.104. The first-order chi connectivity index (χ1) is 11.5. The Hall–Kier alpha value is -2.89. The molecule has 2 aromatic heterocycles. The maximum absolute atomic E-state index is 13.4. The second-order valence-electron chi connectivity index (χ2n) is 6.17. The van der Waals surface area contributed by atoms with E-state index >= 15 is 0 Å². The van der Waals surface area contributed by atoms with Crippen LogP contribution in [0, 0.1) is 12.7 Å². The maximum Gasteiger partial charge on any atom is 0.328 e. The molecule has 3 aromatic rings. The zero-order valence-electron chi connectivity index (χ0n) is 13.0. The number of H-pyrrole nitrogens is 1. The fraction of sp³-hybridized carbons (Fsp3) is 0.222. The van der Waals surface area contributed by atoms with E-state index < -0.39 is 0 Å². The number of pyridine rings is 1. The molecule has 1 fully saturated rings. The van der Waals surface area contributed by atoms with Crippen molar-refractivity contribution in [2.24, 2.45) is 0 Å². The molecule has 0 amide bonds. The van der Waals surface area contributed by atoms with Crippen molar-refractivity contribution in [1.29, 1.82) is 0 Å². The highest BCUT2D eigenvalue weighted by Crippen LogP contribution is 2.51. The minimum Gasteiger partial charge on any atom is -0.493 e. The number of aryl methyl sites for hydroxylation is 1. The summed E-state index contributed by atoms with van der Waals surface area (Å²) in [6, 6.07) is 8.76. The van der Waals surface area contributed by atoms with E-state index in [1.54, 1.807) is 25.3 Å². The molecule has 24 heavy (non-hydrogen) atoms. The van der Waals surface area contributed by atoms with Gasteiger partial charge in [0.2, 0.25) is 5.88 Å². The van der Waals surface area contributed by atoms with Crippen molar-refractivity contribution in [1.82, 2.24) is 14.5 Å². The Bertz CT molecular complexity index is 959. The summed E-state index contributed by atoms with van der Waals surface area (Å²) >= 11 is 0. The van der Waals surface area contributed by atoms with Crippen LogP contribution in [0.15, 0.2) is 47.5 Å². The van der Waals surface area contributed by atoms with Crippen molar-refractivity contribution >= 4 is 0 Å². The van der Waals surface area contributed by atoms with Crippen LogP contribution in [0.25, 0.3) is 11.3 Å². The number of rotatable bonds is 3. The van der Waals surface area contributed by atoms with Gasteiger partial charge in [0, 0.05) is 23.7 Å². The molecule has 1 saturated carbocycles. The molecular formula is C18H16FN3O2. The number of nitrogens with zero attached hydrogens (tertiary/aromatic N) is 2. The number of nitrogens with one attached hydrogen (secondary N) is 1. The van der Waals surface area contributed by atoms with Gasteiger partial charge in [-0.1, -0.05) is 6.07 Å². The SMILES string of the molecule is Cc1cc(-c2ccc([C@H]3C[C@@H]3n3c(O)c[nH]c3=O)cn2)ccc1F. The van der Waals surface area contributed by atoms with Gasteiger partial charge in [0.05, 0.1) is 11.9 Å². The van der Waals surface area contributed by atoms with Gasteiger partial charge in [0.15, 0.2) is 0 Å². The van der Waals surface area contributed by atoms with E-state index in [-0.39, 0.29) is 29.3 Å². The van der Waals surface area contributed by atoms with Gasteiger partial charge in [0.1, 0.15) is 5.82 Å². The van der Waals surface area contributed by atoms with Crippen LogP contribution in [0.2, 0.25) is 0 Å². The number of halogens is 1. The third-order valence-corrected chi connectivity index (χ3v) is 4.55. The largest absolute Gasteiger partial charge is 0.493 e. The van der Waals surface area contributed by atoms with Crippen molar-refractivity contribution in [2.45, 2.75) is 25.3 Å². The molecule has 0 unspecified atom stereocenters. The van der Waals surface area contributed by atoms with Gasteiger partial charge >= 0.3 is 5.69 Å². The van der Waals surface area contributed by atoms with Gasteiger partial charge in [-0.05, 0) is 48.7 Å². The van der Waals surface area contributed by atoms with Crippen LogP contribution >= 0.6 is 0 Å². The maximum atomic E-state index is 13.4. The van der Waals surface area contributed by atoms with Crippen LogP contribution in [-0.4, -0.2) is 19.6 Å². The van der Waals surface area contributed by atoms with Crippen LogP contribution in [0.1, 0.15) is 29.5 Å². The molecule has 1 aromatic carbocycles. The number of hydrogen-bond donors (Lipinski definition) is 2. The van der Waals surface area contributed by atoms with E-state index in [2.05, 4.69) is 9.97 Å². The first kappa shape index (κ1) is 14.7. The summed E-state index contributed by atoms with van der Waals surface area (Å²) in [6.07, 6.45) is 3.88. The molecule has 1 aliphatic rings. The smallest absolute Gasteiger partial charge is 0.328 e. The van der Waals surface area contributed by atoms with E-state index in [1.807, 2.05) is 12.1 Å². The normalized spacial score (nSPS) is 19.4. The van der Waals surface area contributed by atoms with E-state index in [4.69, 9.17) is 0 Å². The van der Waals surface area contributed by atoms with Gasteiger partial charge in [-0.15, -0.1) is 0 Å². The van der Waals surface area contributed by atoms with Crippen molar-refractivity contribution in [3.63, 3.8) is 0 Å². The molecule has 0 radical (unpaired) electrons. The van der Waals surface area contributed by atoms with E-state index in [0.29, 0.717) is 5.56 Å². The van der Waals surface area contributed by atoms with Crippen LogP contribution in [-0.2, 0) is 0 Å². The molecule has 0 aliphatic heterocycles. The molecule has 4 rings (SSSR count). The summed E-state index contributed by atoms with van der Waals surface area (Å²) < 4.78 is 14.7. The number of imidazole rings is 1. The third-order valence-electron chi connectivity index (χ3n) is 4.55. The molecule has 1 aliphatic carbocycles. The van der Waals surface area contributed by atoms with Crippen molar-refractivity contribution in [2.75, 3.05) is 0 Å². The van der Waals surface area contributed by atoms with Gasteiger partial charge in [-0.25, -0.2) is 9.18 Å². The molecule has 2 N–H and O–H groups in total. The fourth-order valence-electron chi connectivity index (χ4n) is 3.11. The first-order valence-corrected chi connectivity index (χ1v) is 7.76. The Morgan fingerprint density at radius 2 is 2.17 bits per heavy atom. The molecule has 2 atom stereocenters. The minimum atomic E-state index is -0.300. The highest BCUT2D eigenvalue weighted by atomic mass is 19.1. The van der Waals surface area contributed by atoms with E-state index in [0.717, 1.165) is 23.2 Å². The van der Waals surface area contributed by atoms with Gasteiger partial charge in [-0.2, -0.15) is 0 Å². The summed E-state index contributed by atoms with van der Waals surface area (Å²) in [5, 5.41) is 9.73. The molecule has 6 heteroatoms. The van der Waals surface area contributed by atoms with Crippen molar-refractivity contribution in [3.8, 4) is 17.1 Å².